The molecule has 3 aliphatic rings. The second kappa shape index (κ2) is 9.64. The van der Waals surface area contributed by atoms with Crippen LogP contribution in [0.4, 0.5) is 16.2 Å². The van der Waals surface area contributed by atoms with Crippen LogP contribution < -0.4 is 21.0 Å². The molecule has 0 radical (unpaired) electrons. The van der Waals surface area contributed by atoms with Gasteiger partial charge in [-0.15, -0.1) is 0 Å². The predicted octanol–water partition coefficient (Wildman–Crippen LogP) is 4.00. The second-order valence-corrected chi connectivity index (χ2v) is 10.3. The minimum atomic E-state index is -0.334. The average molecular weight is 500 g/mol. The third-order valence-electron chi connectivity index (χ3n) is 7.85. The van der Waals surface area contributed by atoms with Gasteiger partial charge < -0.3 is 15.5 Å². The quantitative estimate of drug-likeness (QED) is 0.338. The monoisotopic (exact) mass is 499 g/mol. The summed E-state index contributed by atoms with van der Waals surface area (Å²) >= 11 is 0. The van der Waals surface area contributed by atoms with Crippen molar-refractivity contribution in [3.8, 4) is 22.5 Å². The number of hydrogen-bond acceptors (Lipinski definition) is 6. The lowest BCUT2D eigenvalue weighted by molar-refractivity contribution is 0.0625. The summed E-state index contributed by atoms with van der Waals surface area (Å²) in [6.45, 7) is 8.15. The minimum absolute atomic E-state index is 0.129. The Hall–Kier alpha value is -3.69. The van der Waals surface area contributed by atoms with Crippen molar-refractivity contribution in [3.05, 3.63) is 53.6 Å². The van der Waals surface area contributed by atoms with Crippen molar-refractivity contribution in [1.29, 1.82) is 0 Å². The molecule has 1 aliphatic carbocycles. The maximum atomic E-state index is 13.7. The standard InChI is InChI=1S/C28H33N7O2/c1-17-5-3-6-18(2)35(17)33-28(37)30-22-8-4-7-21-23(22)27(36)24-25(31-32-26(21)24)19-9-11-20(12-10-19)34-15-13-29-14-16-34/h4,7-12,17-18,29H,3,5-6,13-16H2,1-2H3,(H,31,32)(H2,30,33,37). The number of nitrogens with zero attached hydrogens (tertiary/aromatic N) is 3. The van der Waals surface area contributed by atoms with Crippen LogP contribution in [0.1, 0.15) is 49.0 Å². The molecule has 3 heterocycles. The SMILES string of the molecule is CC1CCCC(C)N1NC(=O)Nc1cccc2c1C(=O)c1c(-c3ccc(N4CCNCC4)cc3)n[nH]c1-2. The third-order valence-corrected chi connectivity index (χ3v) is 7.85. The van der Waals surface area contributed by atoms with Gasteiger partial charge in [-0.25, -0.2) is 9.80 Å². The summed E-state index contributed by atoms with van der Waals surface area (Å²) in [4.78, 5) is 29.0. The molecule has 2 amide bonds. The molecular weight excluding hydrogens is 466 g/mol. The molecule has 2 saturated heterocycles. The second-order valence-electron chi connectivity index (χ2n) is 10.3. The van der Waals surface area contributed by atoms with Crippen LogP contribution in [-0.2, 0) is 0 Å². The Morgan fingerprint density at radius 1 is 1.00 bits per heavy atom. The van der Waals surface area contributed by atoms with E-state index in [2.05, 4.69) is 57.1 Å². The van der Waals surface area contributed by atoms with Gasteiger partial charge in [0.2, 0.25) is 0 Å². The van der Waals surface area contributed by atoms with Crippen molar-refractivity contribution in [1.82, 2.24) is 25.9 Å². The Balaban J connectivity index is 1.24. The van der Waals surface area contributed by atoms with Gasteiger partial charge in [0.25, 0.3) is 0 Å². The van der Waals surface area contributed by atoms with Gasteiger partial charge in [-0.1, -0.05) is 30.7 Å². The van der Waals surface area contributed by atoms with Crippen molar-refractivity contribution in [2.24, 2.45) is 0 Å². The van der Waals surface area contributed by atoms with Gasteiger partial charge in [0.15, 0.2) is 5.78 Å². The fourth-order valence-electron chi connectivity index (χ4n) is 5.86. The zero-order valence-corrected chi connectivity index (χ0v) is 21.3. The number of fused-ring (bicyclic) bond motifs is 3. The van der Waals surface area contributed by atoms with E-state index in [1.165, 1.54) is 5.69 Å². The van der Waals surface area contributed by atoms with Crippen LogP contribution in [0.15, 0.2) is 42.5 Å². The van der Waals surface area contributed by atoms with Crippen molar-refractivity contribution < 1.29 is 9.59 Å². The smallest absolute Gasteiger partial charge is 0.333 e. The average Bonchev–Trinajstić information content (AvgIpc) is 3.47. The Morgan fingerprint density at radius 3 is 2.46 bits per heavy atom. The molecule has 1 aromatic heterocycles. The van der Waals surface area contributed by atoms with Crippen LogP contribution >= 0.6 is 0 Å². The number of aromatic amines is 1. The highest BCUT2D eigenvalue weighted by molar-refractivity contribution is 6.26. The minimum Gasteiger partial charge on any atom is -0.369 e. The van der Waals surface area contributed by atoms with Crippen molar-refractivity contribution in [3.63, 3.8) is 0 Å². The molecule has 9 heteroatoms. The Labute approximate surface area is 216 Å². The van der Waals surface area contributed by atoms with E-state index in [0.717, 1.165) is 56.6 Å². The van der Waals surface area contributed by atoms with E-state index in [9.17, 15) is 9.59 Å². The van der Waals surface area contributed by atoms with Crippen LogP contribution in [0.5, 0.6) is 0 Å². The van der Waals surface area contributed by atoms with Crippen LogP contribution in [-0.4, -0.2) is 65.3 Å². The molecule has 6 rings (SSSR count). The molecule has 9 nitrogen and oxygen atoms in total. The van der Waals surface area contributed by atoms with Crippen molar-refractivity contribution in [2.45, 2.75) is 45.2 Å². The summed E-state index contributed by atoms with van der Waals surface area (Å²) < 4.78 is 0. The highest BCUT2D eigenvalue weighted by atomic mass is 16.2. The van der Waals surface area contributed by atoms with E-state index in [1.807, 2.05) is 29.3 Å². The lowest BCUT2D eigenvalue weighted by atomic mass is 10.00. The number of hydrazine groups is 1. The highest BCUT2D eigenvalue weighted by Gasteiger charge is 2.35. The van der Waals surface area contributed by atoms with E-state index in [4.69, 9.17) is 0 Å². The Kier molecular flexibility index (Phi) is 6.18. The maximum Gasteiger partial charge on any atom is 0.333 e. The molecule has 2 atom stereocenters. The highest BCUT2D eigenvalue weighted by Crippen LogP contribution is 2.43. The van der Waals surface area contributed by atoms with Gasteiger partial charge in [-0.05, 0) is 44.9 Å². The van der Waals surface area contributed by atoms with E-state index < -0.39 is 0 Å². The number of H-pyrrole nitrogens is 1. The number of piperazine rings is 1. The number of carbonyl (C=O) groups excluding carboxylic acids is 2. The molecule has 4 N–H and O–H groups in total. The number of aromatic nitrogens is 2. The number of amides is 2. The van der Waals surface area contributed by atoms with Crippen molar-refractivity contribution >= 4 is 23.2 Å². The molecule has 192 valence electrons. The molecule has 2 fully saturated rings. The van der Waals surface area contributed by atoms with Crippen LogP contribution in [0, 0.1) is 0 Å². The molecule has 0 spiro atoms. The number of carbonyl (C=O) groups is 2. The Bertz CT molecular complexity index is 1320. The molecular formula is C28H33N7O2. The summed E-state index contributed by atoms with van der Waals surface area (Å²) in [6.07, 6.45) is 3.25. The summed E-state index contributed by atoms with van der Waals surface area (Å²) in [5.74, 6) is -0.129. The number of urea groups is 1. The summed E-state index contributed by atoms with van der Waals surface area (Å²) in [5.41, 5.74) is 8.70. The topological polar surface area (TPSA) is 105 Å². The number of ketones is 1. The first-order valence-electron chi connectivity index (χ1n) is 13.2. The van der Waals surface area contributed by atoms with Gasteiger partial charge in [0, 0.05) is 55.1 Å². The first-order chi connectivity index (χ1) is 18.0. The third kappa shape index (κ3) is 4.28. The zero-order chi connectivity index (χ0) is 25.5. The zero-order valence-electron chi connectivity index (χ0n) is 21.3. The molecule has 2 aromatic carbocycles. The molecule has 37 heavy (non-hydrogen) atoms. The van der Waals surface area contributed by atoms with Gasteiger partial charge in [0.1, 0.15) is 5.69 Å². The summed E-state index contributed by atoms with van der Waals surface area (Å²) in [5, 5.41) is 15.9. The van der Waals surface area contributed by atoms with Gasteiger partial charge in [-0.3, -0.25) is 15.3 Å². The number of rotatable bonds is 4. The fourth-order valence-corrected chi connectivity index (χ4v) is 5.86. The van der Waals surface area contributed by atoms with Crippen molar-refractivity contribution in [2.75, 3.05) is 36.4 Å². The summed E-state index contributed by atoms with van der Waals surface area (Å²) in [6, 6.07) is 14.0. The number of hydrogen-bond donors (Lipinski definition) is 4. The Morgan fingerprint density at radius 2 is 1.73 bits per heavy atom. The molecule has 2 aliphatic heterocycles. The molecule has 0 saturated carbocycles. The molecule has 2 unspecified atom stereocenters. The number of benzene rings is 2. The summed E-state index contributed by atoms with van der Waals surface area (Å²) in [7, 11) is 0. The van der Waals surface area contributed by atoms with E-state index in [0.29, 0.717) is 28.2 Å². The first kappa shape index (κ1) is 23.7. The molecule has 3 aromatic rings. The largest absolute Gasteiger partial charge is 0.369 e. The number of piperidine rings is 1. The van der Waals surface area contributed by atoms with Crippen LogP contribution in [0.3, 0.4) is 0 Å². The lowest BCUT2D eigenvalue weighted by Crippen LogP contribution is -2.55. The fraction of sp³-hybridized carbons (Fsp3) is 0.393. The van der Waals surface area contributed by atoms with E-state index >= 15 is 0 Å². The molecule has 0 bridgehead atoms. The van der Waals surface area contributed by atoms with Crippen LogP contribution in [0.2, 0.25) is 0 Å². The van der Waals surface area contributed by atoms with E-state index in [-0.39, 0.29) is 23.9 Å². The predicted molar refractivity (Wildman–Crippen MR) is 145 cm³/mol. The number of anilines is 2. The van der Waals surface area contributed by atoms with Gasteiger partial charge in [-0.2, -0.15) is 5.10 Å². The lowest BCUT2D eigenvalue weighted by Gasteiger charge is -2.38. The van der Waals surface area contributed by atoms with Gasteiger partial charge in [0.05, 0.1) is 22.5 Å². The normalized spacial score (nSPS) is 21.5. The number of nitrogens with one attached hydrogen (secondary N) is 4. The first-order valence-corrected chi connectivity index (χ1v) is 13.2. The van der Waals surface area contributed by atoms with E-state index in [1.54, 1.807) is 6.07 Å². The van der Waals surface area contributed by atoms with Crippen LogP contribution in [0.25, 0.3) is 22.5 Å². The maximum absolute atomic E-state index is 13.7. The van der Waals surface area contributed by atoms with Gasteiger partial charge >= 0.3 is 6.03 Å².